The topological polar surface area (TPSA) is 80.8 Å². The summed E-state index contributed by atoms with van der Waals surface area (Å²) in [6, 6.07) is 7.56. The van der Waals surface area contributed by atoms with Gasteiger partial charge in [0.1, 0.15) is 29.3 Å². The van der Waals surface area contributed by atoms with Crippen molar-refractivity contribution in [2.24, 2.45) is 5.92 Å². The van der Waals surface area contributed by atoms with E-state index in [0.29, 0.717) is 34.5 Å². The molecule has 4 aromatic rings. The van der Waals surface area contributed by atoms with Gasteiger partial charge in [0, 0.05) is 28.9 Å². The van der Waals surface area contributed by atoms with E-state index in [9.17, 15) is 13.6 Å². The Bertz CT molecular complexity index is 1310. The van der Waals surface area contributed by atoms with Gasteiger partial charge in [0.25, 0.3) is 0 Å². The SMILES string of the molecule is CC(=O)C1CC(Oc2ncc(-c3cc(F)c(-c4nc5ccc(Cl)cc5[nH]4)c(F)c3)cn2)C1. The van der Waals surface area contributed by atoms with E-state index in [4.69, 9.17) is 16.3 Å². The Kier molecular flexibility index (Phi) is 5.09. The molecule has 0 saturated heterocycles. The van der Waals surface area contributed by atoms with Crippen molar-refractivity contribution >= 4 is 28.4 Å². The number of ketones is 1. The van der Waals surface area contributed by atoms with Gasteiger partial charge in [-0.1, -0.05) is 11.6 Å². The van der Waals surface area contributed by atoms with Gasteiger partial charge in [0.05, 0.1) is 16.6 Å². The van der Waals surface area contributed by atoms with E-state index in [2.05, 4.69) is 19.9 Å². The highest BCUT2D eigenvalue weighted by molar-refractivity contribution is 6.31. The summed E-state index contributed by atoms with van der Waals surface area (Å²) < 4.78 is 35.4. The van der Waals surface area contributed by atoms with E-state index in [-0.39, 0.29) is 40.8 Å². The van der Waals surface area contributed by atoms with Gasteiger partial charge >= 0.3 is 6.01 Å². The molecule has 1 N–H and O–H groups in total. The molecule has 1 saturated carbocycles. The van der Waals surface area contributed by atoms with Crippen LogP contribution in [0.5, 0.6) is 6.01 Å². The van der Waals surface area contributed by atoms with Gasteiger partial charge in [-0.15, -0.1) is 0 Å². The number of halogens is 3. The molecule has 1 aliphatic carbocycles. The maximum absolute atomic E-state index is 14.9. The Labute approximate surface area is 186 Å². The Morgan fingerprint density at radius 1 is 1.09 bits per heavy atom. The van der Waals surface area contributed by atoms with Crippen LogP contribution >= 0.6 is 11.6 Å². The fraction of sp³-hybridized carbons (Fsp3) is 0.217. The van der Waals surface area contributed by atoms with Gasteiger partial charge < -0.3 is 9.72 Å². The van der Waals surface area contributed by atoms with Crippen LogP contribution in [0, 0.1) is 17.6 Å². The number of H-pyrrole nitrogens is 1. The fourth-order valence-corrected chi connectivity index (χ4v) is 3.91. The van der Waals surface area contributed by atoms with E-state index in [1.165, 1.54) is 24.5 Å². The molecule has 0 radical (unpaired) electrons. The second kappa shape index (κ2) is 7.94. The van der Waals surface area contributed by atoms with Crippen molar-refractivity contribution < 1.29 is 18.3 Å². The number of Topliss-reactive ketones (excluding diaryl/α,β-unsaturated/α-hetero) is 1. The number of fused-ring (bicyclic) bond motifs is 1. The number of carbonyl (C=O) groups is 1. The van der Waals surface area contributed by atoms with Crippen LogP contribution in [0.3, 0.4) is 0 Å². The summed E-state index contributed by atoms with van der Waals surface area (Å²) in [7, 11) is 0. The molecule has 9 heteroatoms. The highest BCUT2D eigenvalue weighted by Gasteiger charge is 2.34. The average Bonchev–Trinajstić information content (AvgIpc) is 3.12. The molecule has 2 heterocycles. The summed E-state index contributed by atoms with van der Waals surface area (Å²) in [6.07, 6.45) is 4.09. The standard InChI is InChI=1S/C23H17ClF2N4O2/c1-11(31)12-4-16(5-12)32-23-27-9-14(10-28-23)13-6-17(25)21(18(26)7-13)22-29-19-3-2-15(24)8-20(19)30-22/h2-3,6-10,12,16H,4-5H2,1H3,(H,29,30). The van der Waals surface area contributed by atoms with Gasteiger partial charge in [-0.2, -0.15) is 0 Å². The minimum Gasteiger partial charge on any atom is -0.460 e. The molecular formula is C23H17ClF2N4O2. The lowest BCUT2D eigenvalue weighted by atomic mass is 9.80. The van der Waals surface area contributed by atoms with Crippen LogP contribution in [0.15, 0.2) is 42.7 Å². The first-order valence-corrected chi connectivity index (χ1v) is 10.4. The van der Waals surface area contributed by atoms with Crippen LogP contribution in [-0.2, 0) is 4.79 Å². The molecule has 6 nitrogen and oxygen atoms in total. The molecule has 0 aliphatic heterocycles. The largest absolute Gasteiger partial charge is 0.460 e. The molecule has 2 aromatic heterocycles. The van der Waals surface area contributed by atoms with Crippen LogP contribution in [0.25, 0.3) is 33.5 Å². The molecule has 1 aliphatic rings. The van der Waals surface area contributed by atoms with E-state index < -0.39 is 11.6 Å². The lowest BCUT2D eigenvalue weighted by Crippen LogP contribution is -2.37. The number of ether oxygens (including phenoxy) is 1. The molecule has 1 fully saturated rings. The van der Waals surface area contributed by atoms with Crippen LogP contribution in [-0.4, -0.2) is 31.8 Å². The summed E-state index contributed by atoms with van der Waals surface area (Å²) in [6.45, 7) is 1.57. The molecule has 5 rings (SSSR count). The number of aromatic amines is 1. The van der Waals surface area contributed by atoms with E-state index in [1.807, 2.05) is 0 Å². The Balaban J connectivity index is 1.37. The first kappa shape index (κ1) is 20.5. The second-order valence-electron chi connectivity index (χ2n) is 7.83. The third-order valence-corrected chi connectivity index (χ3v) is 5.86. The van der Waals surface area contributed by atoms with Crippen LogP contribution in [0.4, 0.5) is 8.78 Å². The fourth-order valence-electron chi connectivity index (χ4n) is 3.74. The smallest absolute Gasteiger partial charge is 0.316 e. The number of hydrogen-bond acceptors (Lipinski definition) is 5. The van der Waals surface area contributed by atoms with Crippen LogP contribution in [0.1, 0.15) is 19.8 Å². The first-order valence-electron chi connectivity index (χ1n) is 10.0. The van der Waals surface area contributed by atoms with Gasteiger partial charge in [0.15, 0.2) is 0 Å². The van der Waals surface area contributed by atoms with E-state index in [1.54, 1.807) is 25.1 Å². The van der Waals surface area contributed by atoms with E-state index in [0.717, 1.165) is 0 Å². The third-order valence-electron chi connectivity index (χ3n) is 5.63. The molecule has 0 atom stereocenters. The monoisotopic (exact) mass is 454 g/mol. The molecule has 0 unspecified atom stereocenters. The zero-order chi connectivity index (χ0) is 22.4. The van der Waals surface area contributed by atoms with Crippen LogP contribution < -0.4 is 4.74 Å². The first-order chi connectivity index (χ1) is 15.4. The Morgan fingerprint density at radius 2 is 1.78 bits per heavy atom. The van der Waals surface area contributed by atoms with Crippen LogP contribution in [0.2, 0.25) is 5.02 Å². The number of hydrogen-bond donors (Lipinski definition) is 1. The summed E-state index contributed by atoms with van der Waals surface area (Å²) in [4.78, 5) is 26.7. The van der Waals surface area contributed by atoms with Crippen molar-refractivity contribution in [2.75, 3.05) is 0 Å². The molecule has 0 spiro atoms. The summed E-state index contributed by atoms with van der Waals surface area (Å²) in [5.41, 5.74) is 1.60. The molecule has 0 amide bonds. The molecule has 162 valence electrons. The summed E-state index contributed by atoms with van der Waals surface area (Å²) in [5, 5.41) is 0.493. The number of carbonyl (C=O) groups excluding carboxylic acids is 1. The lowest BCUT2D eigenvalue weighted by molar-refractivity contribution is -0.126. The third kappa shape index (κ3) is 3.82. The maximum atomic E-state index is 14.9. The molecule has 2 aromatic carbocycles. The zero-order valence-corrected chi connectivity index (χ0v) is 17.7. The zero-order valence-electron chi connectivity index (χ0n) is 16.9. The lowest BCUT2D eigenvalue weighted by Gasteiger charge is -2.32. The van der Waals surface area contributed by atoms with Crippen molar-refractivity contribution in [1.29, 1.82) is 0 Å². The molecule has 0 bridgehead atoms. The van der Waals surface area contributed by atoms with Gasteiger partial charge in [-0.3, -0.25) is 4.79 Å². The second-order valence-corrected chi connectivity index (χ2v) is 8.27. The van der Waals surface area contributed by atoms with Gasteiger partial charge in [0.2, 0.25) is 0 Å². The number of nitrogens with zero attached hydrogens (tertiary/aromatic N) is 3. The quantitative estimate of drug-likeness (QED) is 0.438. The molecule has 32 heavy (non-hydrogen) atoms. The van der Waals surface area contributed by atoms with Crippen molar-refractivity contribution in [1.82, 2.24) is 19.9 Å². The number of imidazole rings is 1. The number of rotatable bonds is 5. The van der Waals surface area contributed by atoms with Crippen molar-refractivity contribution in [3.8, 4) is 28.5 Å². The summed E-state index contributed by atoms with van der Waals surface area (Å²) >= 11 is 5.96. The van der Waals surface area contributed by atoms with Crippen molar-refractivity contribution in [3.05, 3.63) is 59.4 Å². The highest BCUT2D eigenvalue weighted by Crippen LogP contribution is 2.33. The highest BCUT2D eigenvalue weighted by atomic mass is 35.5. The van der Waals surface area contributed by atoms with Gasteiger partial charge in [-0.25, -0.2) is 23.7 Å². The number of nitrogens with one attached hydrogen (secondary N) is 1. The Morgan fingerprint density at radius 3 is 2.44 bits per heavy atom. The Hall–Kier alpha value is -3.39. The minimum absolute atomic E-state index is 0.0347. The predicted octanol–water partition coefficient (Wildman–Crippen LogP) is 5.36. The minimum atomic E-state index is -0.768. The van der Waals surface area contributed by atoms with Crippen molar-refractivity contribution in [3.63, 3.8) is 0 Å². The number of benzene rings is 2. The molecular weight excluding hydrogens is 438 g/mol. The van der Waals surface area contributed by atoms with Crippen molar-refractivity contribution in [2.45, 2.75) is 25.9 Å². The van der Waals surface area contributed by atoms with E-state index >= 15 is 0 Å². The number of aromatic nitrogens is 4. The summed E-state index contributed by atoms with van der Waals surface area (Å²) in [5.74, 6) is -1.27. The maximum Gasteiger partial charge on any atom is 0.316 e. The average molecular weight is 455 g/mol. The predicted molar refractivity (Wildman–Crippen MR) is 115 cm³/mol. The normalized spacial score (nSPS) is 17.9. The van der Waals surface area contributed by atoms with Gasteiger partial charge in [-0.05, 0) is 55.7 Å².